The van der Waals surface area contributed by atoms with Crippen LogP contribution in [0, 0.1) is 0 Å². The van der Waals surface area contributed by atoms with Crippen LogP contribution in [0.15, 0.2) is 47.4 Å². The lowest BCUT2D eigenvalue weighted by Gasteiger charge is -2.28. The van der Waals surface area contributed by atoms with Crippen molar-refractivity contribution >= 4 is 48.5 Å². The maximum atomic E-state index is 13.4. The highest BCUT2D eigenvalue weighted by Gasteiger charge is 2.22. The lowest BCUT2D eigenvalue weighted by atomic mass is 10.2. The number of hydrogen-bond acceptors (Lipinski definition) is 9. The first-order valence-electron chi connectivity index (χ1n) is 11.4. The molecule has 11 heteroatoms. The number of morpholine rings is 1. The zero-order valence-corrected chi connectivity index (χ0v) is 22.1. The number of carbonyl (C=O) groups excluding carboxylic acids is 1. The van der Waals surface area contributed by atoms with Crippen LogP contribution in [-0.2, 0) is 19.4 Å². The van der Waals surface area contributed by atoms with E-state index in [-0.39, 0.29) is 10.8 Å². The van der Waals surface area contributed by atoms with Gasteiger partial charge in [0, 0.05) is 38.5 Å². The number of nitrogens with zero attached hydrogens (tertiary/aromatic N) is 3. The number of rotatable bonds is 9. The molecule has 0 radical (unpaired) electrons. The van der Waals surface area contributed by atoms with Gasteiger partial charge in [-0.05, 0) is 35.9 Å². The number of methoxy groups -OCH3 is 2. The molecule has 3 aromatic rings. The van der Waals surface area contributed by atoms with Crippen LogP contribution in [0.2, 0.25) is 0 Å². The number of amides is 1. The summed E-state index contributed by atoms with van der Waals surface area (Å²) in [5, 5.41) is 0.455. The molecule has 192 valence electrons. The molecule has 9 nitrogen and oxygen atoms in total. The molecular formula is C25H29N3O6S2. The molecule has 36 heavy (non-hydrogen) atoms. The van der Waals surface area contributed by atoms with Crippen LogP contribution in [0.5, 0.6) is 11.5 Å². The topological polar surface area (TPSA) is 98.3 Å². The number of ether oxygens (including phenoxy) is 3. The number of benzene rings is 2. The van der Waals surface area contributed by atoms with Gasteiger partial charge in [0.2, 0.25) is 0 Å². The summed E-state index contributed by atoms with van der Waals surface area (Å²) in [6.07, 6.45) is 4.36. The van der Waals surface area contributed by atoms with Crippen molar-refractivity contribution in [3.8, 4) is 11.5 Å². The fraction of sp³-hybridized carbons (Fsp3) is 0.360. The molecular weight excluding hydrogens is 502 g/mol. The molecule has 0 aliphatic carbocycles. The van der Waals surface area contributed by atoms with E-state index in [9.17, 15) is 13.2 Å². The van der Waals surface area contributed by atoms with E-state index < -0.39 is 9.84 Å². The average molecular weight is 532 g/mol. The van der Waals surface area contributed by atoms with Crippen LogP contribution in [0.3, 0.4) is 0 Å². The Hall–Kier alpha value is -2.99. The Kier molecular flexibility index (Phi) is 8.24. The van der Waals surface area contributed by atoms with Crippen LogP contribution >= 0.6 is 11.3 Å². The minimum Gasteiger partial charge on any atom is -0.493 e. The monoisotopic (exact) mass is 531 g/mol. The molecule has 0 atom stereocenters. The van der Waals surface area contributed by atoms with Crippen molar-refractivity contribution in [3.05, 3.63) is 48.0 Å². The number of para-hydroxylation sites is 1. The van der Waals surface area contributed by atoms with Gasteiger partial charge in [0.05, 0.1) is 37.0 Å². The predicted molar refractivity (Wildman–Crippen MR) is 141 cm³/mol. The molecule has 2 heterocycles. The van der Waals surface area contributed by atoms with Crippen molar-refractivity contribution in [2.45, 2.75) is 4.90 Å². The molecule has 1 aliphatic rings. The maximum absolute atomic E-state index is 13.4. The largest absolute Gasteiger partial charge is 0.493 e. The zero-order valence-electron chi connectivity index (χ0n) is 20.5. The van der Waals surface area contributed by atoms with Gasteiger partial charge in [0.25, 0.3) is 5.91 Å². The van der Waals surface area contributed by atoms with E-state index in [1.54, 1.807) is 43.4 Å². The van der Waals surface area contributed by atoms with E-state index in [1.807, 2.05) is 12.1 Å². The molecule has 0 bridgehead atoms. The average Bonchev–Trinajstić information content (AvgIpc) is 3.31. The summed E-state index contributed by atoms with van der Waals surface area (Å²) < 4.78 is 41.3. The van der Waals surface area contributed by atoms with Crippen LogP contribution in [0.25, 0.3) is 16.3 Å². The Bertz CT molecular complexity index is 1360. The van der Waals surface area contributed by atoms with Crippen molar-refractivity contribution in [1.29, 1.82) is 0 Å². The number of anilines is 1. The Morgan fingerprint density at radius 1 is 1.17 bits per heavy atom. The first-order valence-corrected chi connectivity index (χ1v) is 14.1. The number of aromatic nitrogens is 1. The summed E-state index contributed by atoms with van der Waals surface area (Å²) in [6.45, 7) is 3.96. The van der Waals surface area contributed by atoms with E-state index in [4.69, 9.17) is 14.2 Å². The minimum atomic E-state index is -3.47. The molecule has 1 amide bonds. The lowest BCUT2D eigenvalue weighted by molar-refractivity contribution is -0.114. The molecule has 0 saturated carbocycles. The van der Waals surface area contributed by atoms with Gasteiger partial charge >= 0.3 is 0 Å². The molecule has 0 spiro atoms. The van der Waals surface area contributed by atoms with Crippen molar-refractivity contribution in [2.75, 3.05) is 64.8 Å². The first-order chi connectivity index (χ1) is 17.3. The molecule has 1 aromatic heterocycles. The highest BCUT2D eigenvalue weighted by atomic mass is 32.2. The van der Waals surface area contributed by atoms with Gasteiger partial charge in [-0.15, -0.1) is 0 Å². The summed E-state index contributed by atoms with van der Waals surface area (Å²) in [7, 11) is -0.344. The van der Waals surface area contributed by atoms with Crippen molar-refractivity contribution < 1.29 is 27.4 Å². The second kappa shape index (κ2) is 11.4. The summed E-state index contributed by atoms with van der Waals surface area (Å²) >= 11 is 1.30. The highest BCUT2D eigenvalue weighted by Crippen LogP contribution is 2.33. The van der Waals surface area contributed by atoms with Gasteiger partial charge in [-0.1, -0.05) is 23.5 Å². The van der Waals surface area contributed by atoms with Crippen LogP contribution in [0.4, 0.5) is 5.13 Å². The number of hydrogen-bond donors (Lipinski definition) is 0. The third kappa shape index (κ3) is 6.04. The first kappa shape index (κ1) is 26.1. The minimum absolute atomic E-state index is 0.156. The number of carbonyl (C=O) groups is 1. The fourth-order valence-corrected chi connectivity index (χ4v) is 5.83. The SMILES string of the molecule is COc1ccc(/C=C/C(=O)N(CCN2CCOCC2)c2nc3c(S(C)(=O)=O)cccc3s2)cc1OC. The van der Waals surface area contributed by atoms with Crippen LogP contribution in [-0.4, -0.2) is 84.1 Å². The molecule has 0 unspecified atom stereocenters. The molecule has 0 N–H and O–H groups in total. The van der Waals surface area contributed by atoms with Gasteiger partial charge in [0.15, 0.2) is 26.5 Å². The highest BCUT2D eigenvalue weighted by molar-refractivity contribution is 7.91. The Labute approximate surface area is 214 Å². The van der Waals surface area contributed by atoms with Crippen LogP contribution < -0.4 is 14.4 Å². The molecule has 1 aliphatic heterocycles. The van der Waals surface area contributed by atoms with E-state index in [1.165, 1.54) is 23.5 Å². The zero-order chi connectivity index (χ0) is 25.7. The van der Waals surface area contributed by atoms with Gasteiger partial charge < -0.3 is 14.2 Å². The van der Waals surface area contributed by atoms with Crippen molar-refractivity contribution in [2.24, 2.45) is 0 Å². The smallest absolute Gasteiger partial charge is 0.252 e. The third-order valence-electron chi connectivity index (χ3n) is 5.84. The summed E-state index contributed by atoms with van der Waals surface area (Å²) in [4.78, 5) is 22.0. The Morgan fingerprint density at radius 3 is 2.61 bits per heavy atom. The predicted octanol–water partition coefficient (Wildman–Crippen LogP) is 3.10. The quantitative estimate of drug-likeness (QED) is 0.389. The van der Waals surface area contributed by atoms with E-state index >= 15 is 0 Å². The number of thiazole rings is 1. The Morgan fingerprint density at radius 2 is 1.92 bits per heavy atom. The summed E-state index contributed by atoms with van der Waals surface area (Å²) in [6, 6.07) is 10.4. The molecule has 2 aromatic carbocycles. The van der Waals surface area contributed by atoms with Crippen LogP contribution in [0.1, 0.15) is 5.56 Å². The second-order valence-electron chi connectivity index (χ2n) is 8.26. The van der Waals surface area contributed by atoms with Crippen molar-refractivity contribution in [1.82, 2.24) is 9.88 Å². The lowest BCUT2D eigenvalue weighted by Crippen LogP contribution is -2.42. The van der Waals surface area contributed by atoms with Gasteiger partial charge in [0.1, 0.15) is 5.52 Å². The molecule has 1 saturated heterocycles. The van der Waals surface area contributed by atoms with E-state index in [2.05, 4.69) is 9.88 Å². The van der Waals surface area contributed by atoms with E-state index in [0.717, 1.165) is 24.9 Å². The standard InChI is InChI=1S/C25H29N3O6S2/c1-32-19-9-7-18(17-20(19)33-2)8-10-23(29)28(12-11-27-13-15-34-16-14-27)25-26-24-21(35-25)5-4-6-22(24)36(3,30)31/h4-10,17H,11-16H2,1-3H3/b10-8+. The summed E-state index contributed by atoms with van der Waals surface area (Å²) in [5.74, 6) is 0.915. The number of fused-ring (bicyclic) bond motifs is 1. The summed E-state index contributed by atoms with van der Waals surface area (Å²) in [5.41, 5.74) is 1.16. The third-order valence-corrected chi connectivity index (χ3v) is 8.01. The van der Waals surface area contributed by atoms with Gasteiger partial charge in [-0.2, -0.15) is 0 Å². The van der Waals surface area contributed by atoms with E-state index in [0.29, 0.717) is 53.2 Å². The maximum Gasteiger partial charge on any atom is 0.252 e. The van der Waals surface area contributed by atoms with Gasteiger partial charge in [-0.3, -0.25) is 14.6 Å². The fourth-order valence-electron chi connectivity index (χ4n) is 3.91. The number of sulfone groups is 1. The Balaban J connectivity index is 1.64. The molecule has 4 rings (SSSR count). The second-order valence-corrected chi connectivity index (χ2v) is 11.3. The normalized spacial score (nSPS) is 14.9. The van der Waals surface area contributed by atoms with Gasteiger partial charge in [-0.25, -0.2) is 13.4 Å². The van der Waals surface area contributed by atoms with Crippen molar-refractivity contribution in [3.63, 3.8) is 0 Å². The molecule has 1 fully saturated rings.